The normalized spacial score (nSPS) is 44.8. The van der Waals surface area contributed by atoms with Gasteiger partial charge in [-0.1, -0.05) is 0 Å². The standard InChI is InChI=1S/C21H32ClFN4O4/c1-26-8-14(7-24-26)31-17-4-5-27(19(17)29)21-10-20(11-21,12-21)25-18(28)9-30-13-2-3-15(22)16(23)6-13/h13-17,24H,2-12H2,1H3,(H,25,28). The molecule has 10 heteroatoms. The van der Waals surface area contributed by atoms with Gasteiger partial charge in [-0.15, -0.1) is 11.6 Å². The molecule has 0 aromatic heterocycles. The fourth-order valence-electron chi connectivity index (χ4n) is 6.14. The third kappa shape index (κ3) is 4.08. The van der Waals surface area contributed by atoms with Crippen molar-refractivity contribution in [2.75, 3.05) is 33.3 Å². The van der Waals surface area contributed by atoms with E-state index in [9.17, 15) is 14.0 Å². The van der Waals surface area contributed by atoms with Gasteiger partial charge in [0.15, 0.2) is 0 Å². The topological polar surface area (TPSA) is 83.1 Å². The van der Waals surface area contributed by atoms with Crippen molar-refractivity contribution in [2.24, 2.45) is 0 Å². The van der Waals surface area contributed by atoms with Crippen LogP contribution in [0.15, 0.2) is 0 Å². The third-order valence-electron chi connectivity index (χ3n) is 7.65. The molecule has 2 heterocycles. The molecule has 8 nitrogen and oxygen atoms in total. The Morgan fingerprint density at radius 1 is 1.29 bits per heavy atom. The molecule has 0 spiro atoms. The van der Waals surface area contributed by atoms with Crippen molar-refractivity contribution in [3.8, 4) is 0 Å². The number of likely N-dealkylation sites (N-methyl/N-ethyl adjacent to an activating group) is 1. The maximum Gasteiger partial charge on any atom is 0.252 e. The highest BCUT2D eigenvalue weighted by Crippen LogP contribution is 2.64. The highest BCUT2D eigenvalue weighted by molar-refractivity contribution is 6.21. The third-order valence-corrected chi connectivity index (χ3v) is 8.15. The van der Waals surface area contributed by atoms with Crippen molar-refractivity contribution in [1.29, 1.82) is 0 Å². The number of nitrogens with zero attached hydrogens (tertiary/aromatic N) is 2. The van der Waals surface area contributed by atoms with Crippen molar-refractivity contribution in [2.45, 2.75) is 85.9 Å². The number of alkyl halides is 2. The highest BCUT2D eigenvalue weighted by Gasteiger charge is 2.72. The summed E-state index contributed by atoms with van der Waals surface area (Å²) in [5.74, 6) is -0.0725. The lowest BCUT2D eigenvalue weighted by Crippen LogP contribution is -2.84. The molecular weight excluding hydrogens is 427 g/mol. The van der Waals surface area contributed by atoms with Crippen LogP contribution < -0.4 is 10.7 Å². The number of carbonyl (C=O) groups is 2. The number of carbonyl (C=O) groups excluding carboxylic acids is 2. The van der Waals surface area contributed by atoms with E-state index in [1.807, 2.05) is 17.0 Å². The van der Waals surface area contributed by atoms with E-state index in [0.717, 1.165) is 45.3 Å². The highest BCUT2D eigenvalue weighted by atomic mass is 35.5. The van der Waals surface area contributed by atoms with Crippen LogP contribution in [0, 0.1) is 0 Å². The van der Waals surface area contributed by atoms with Crippen molar-refractivity contribution in [1.82, 2.24) is 20.7 Å². The van der Waals surface area contributed by atoms with Crippen LogP contribution in [0.25, 0.3) is 0 Å². The second-order valence-electron chi connectivity index (χ2n) is 10.1. The van der Waals surface area contributed by atoms with Crippen molar-refractivity contribution < 1.29 is 23.5 Å². The van der Waals surface area contributed by atoms with Gasteiger partial charge in [0.1, 0.15) is 18.9 Å². The van der Waals surface area contributed by atoms with Crippen LogP contribution in [0.4, 0.5) is 4.39 Å². The Bertz CT molecular complexity index is 722. The molecule has 0 aromatic carbocycles. The van der Waals surface area contributed by atoms with E-state index < -0.39 is 11.5 Å². The number of hydrogen-bond acceptors (Lipinski definition) is 6. The van der Waals surface area contributed by atoms with E-state index in [1.165, 1.54) is 0 Å². The first kappa shape index (κ1) is 21.8. The SMILES string of the molecule is CN1CC(OC2CCN(C34CC(NC(=O)COC5CCC(Cl)C(F)C5)(C3)C4)C2=O)CN1. The molecular formula is C21H32ClFN4O4. The first-order chi connectivity index (χ1) is 14.8. The molecule has 31 heavy (non-hydrogen) atoms. The fraction of sp³-hybridized carbons (Fsp3) is 0.905. The lowest BCUT2D eigenvalue weighted by Gasteiger charge is -2.73. The van der Waals surface area contributed by atoms with Crippen molar-refractivity contribution in [3.63, 3.8) is 0 Å². The van der Waals surface area contributed by atoms with Gasteiger partial charge in [0.2, 0.25) is 5.91 Å². The Kier molecular flexibility index (Phi) is 5.70. The maximum absolute atomic E-state index is 13.7. The zero-order valence-corrected chi connectivity index (χ0v) is 18.7. The summed E-state index contributed by atoms with van der Waals surface area (Å²) < 4.78 is 25.4. The molecule has 6 rings (SSSR count). The number of hydrazine groups is 1. The summed E-state index contributed by atoms with van der Waals surface area (Å²) >= 11 is 5.90. The van der Waals surface area contributed by atoms with Crippen LogP contribution in [0.2, 0.25) is 0 Å². The van der Waals surface area contributed by atoms with Gasteiger partial charge in [0, 0.05) is 50.6 Å². The molecule has 2 aliphatic heterocycles. The number of rotatable bonds is 7. The molecule has 0 radical (unpaired) electrons. The molecule has 5 unspecified atom stereocenters. The summed E-state index contributed by atoms with van der Waals surface area (Å²) in [6.45, 7) is 2.19. The van der Waals surface area contributed by atoms with Crippen LogP contribution in [0.3, 0.4) is 0 Å². The number of amides is 2. The van der Waals surface area contributed by atoms with E-state index in [4.69, 9.17) is 21.1 Å². The molecule has 4 aliphatic carbocycles. The number of hydrogen-bond donors (Lipinski definition) is 2. The quantitative estimate of drug-likeness (QED) is 0.547. The zero-order valence-electron chi connectivity index (χ0n) is 17.9. The minimum Gasteiger partial charge on any atom is -0.368 e. The number of nitrogens with one attached hydrogen (secondary N) is 2. The number of likely N-dealkylation sites (tertiary alicyclic amines) is 1. The van der Waals surface area contributed by atoms with Crippen LogP contribution in [0.5, 0.6) is 0 Å². The van der Waals surface area contributed by atoms with Crippen LogP contribution in [-0.4, -0.2) is 96.0 Å². The lowest BCUT2D eigenvalue weighted by molar-refractivity contribution is -0.190. The van der Waals surface area contributed by atoms with Gasteiger partial charge in [-0.3, -0.25) is 15.0 Å². The Hall–Kier alpha value is -1.00. The van der Waals surface area contributed by atoms with Gasteiger partial charge in [0.05, 0.1) is 17.6 Å². The molecule has 4 saturated carbocycles. The van der Waals surface area contributed by atoms with E-state index in [-0.39, 0.29) is 54.2 Å². The number of halogens is 2. The van der Waals surface area contributed by atoms with Crippen LogP contribution in [0.1, 0.15) is 44.9 Å². The smallest absolute Gasteiger partial charge is 0.252 e. The second kappa shape index (κ2) is 8.09. The van der Waals surface area contributed by atoms with Crippen LogP contribution >= 0.6 is 11.6 Å². The molecule has 6 aliphatic rings. The Balaban J connectivity index is 1.05. The van der Waals surface area contributed by atoms with Gasteiger partial charge in [-0.2, -0.15) is 0 Å². The summed E-state index contributed by atoms with van der Waals surface area (Å²) in [5.41, 5.74) is 2.87. The molecule has 174 valence electrons. The van der Waals surface area contributed by atoms with E-state index in [1.54, 1.807) is 0 Å². The molecule has 2 bridgehead atoms. The monoisotopic (exact) mass is 458 g/mol. The Morgan fingerprint density at radius 2 is 2.06 bits per heavy atom. The average molecular weight is 459 g/mol. The van der Waals surface area contributed by atoms with Gasteiger partial charge < -0.3 is 19.7 Å². The minimum atomic E-state index is -1.07. The van der Waals surface area contributed by atoms with Gasteiger partial charge in [-0.05, 0) is 32.1 Å². The predicted molar refractivity (Wildman–Crippen MR) is 111 cm³/mol. The summed E-state index contributed by atoms with van der Waals surface area (Å²) in [5, 5.41) is 4.63. The summed E-state index contributed by atoms with van der Waals surface area (Å²) in [6, 6.07) is 0. The first-order valence-corrected chi connectivity index (χ1v) is 11.8. The zero-order chi connectivity index (χ0) is 21.8. The van der Waals surface area contributed by atoms with E-state index >= 15 is 0 Å². The molecule has 5 atom stereocenters. The van der Waals surface area contributed by atoms with E-state index in [0.29, 0.717) is 12.8 Å². The van der Waals surface area contributed by atoms with E-state index in [2.05, 4.69) is 10.7 Å². The summed E-state index contributed by atoms with van der Waals surface area (Å²) in [4.78, 5) is 27.3. The maximum atomic E-state index is 13.7. The summed E-state index contributed by atoms with van der Waals surface area (Å²) in [7, 11) is 1.97. The Labute approximate surface area is 187 Å². The van der Waals surface area contributed by atoms with Crippen LogP contribution in [-0.2, 0) is 19.1 Å². The Morgan fingerprint density at radius 3 is 2.74 bits per heavy atom. The summed E-state index contributed by atoms with van der Waals surface area (Å²) in [6.07, 6.45) is 3.00. The molecule has 2 saturated heterocycles. The second-order valence-corrected chi connectivity index (χ2v) is 10.7. The van der Waals surface area contributed by atoms with Gasteiger partial charge in [-0.25, -0.2) is 9.40 Å². The van der Waals surface area contributed by atoms with Gasteiger partial charge in [0.25, 0.3) is 5.91 Å². The lowest BCUT2D eigenvalue weighted by atomic mass is 9.43. The minimum absolute atomic E-state index is 0.0460. The largest absolute Gasteiger partial charge is 0.368 e. The molecule has 2 amide bonds. The molecule has 2 N–H and O–H groups in total. The number of ether oxygens (including phenoxy) is 2. The molecule has 0 aromatic rings. The predicted octanol–water partition coefficient (Wildman–Crippen LogP) is 0.728. The van der Waals surface area contributed by atoms with Crippen molar-refractivity contribution in [3.05, 3.63) is 0 Å². The average Bonchev–Trinajstić information content (AvgIpc) is 3.24. The molecule has 6 fully saturated rings. The van der Waals surface area contributed by atoms with Gasteiger partial charge >= 0.3 is 0 Å². The fourth-order valence-corrected chi connectivity index (χ4v) is 6.37. The van der Waals surface area contributed by atoms with Crippen molar-refractivity contribution >= 4 is 23.4 Å². The first-order valence-electron chi connectivity index (χ1n) is 11.4.